The Kier molecular flexibility index (Phi) is 10.3. The molecule has 0 saturated carbocycles. The van der Waals surface area contributed by atoms with E-state index in [9.17, 15) is 18.0 Å². The van der Waals surface area contributed by atoms with Crippen molar-refractivity contribution < 1.29 is 18.0 Å². The summed E-state index contributed by atoms with van der Waals surface area (Å²) < 4.78 is 29.1. The number of carbonyl (C=O) groups is 2. The van der Waals surface area contributed by atoms with Crippen molar-refractivity contribution in [2.75, 3.05) is 10.8 Å². The molecule has 0 aromatic heterocycles. The summed E-state index contributed by atoms with van der Waals surface area (Å²) in [5.74, 6) is -0.906. The van der Waals surface area contributed by atoms with Gasteiger partial charge in [0.15, 0.2) is 0 Å². The number of hydrogen-bond donors (Lipinski definition) is 1. The Morgan fingerprint density at radius 1 is 0.850 bits per heavy atom. The van der Waals surface area contributed by atoms with Gasteiger partial charge in [0, 0.05) is 12.6 Å². The first kappa shape index (κ1) is 31.5. The van der Waals surface area contributed by atoms with E-state index >= 15 is 0 Å². The molecule has 3 rings (SSSR count). The van der Waals surface area contributed by atoms with E-state index in [1.807, 2.05) is 33.8 Å². The Bertz CT molecular complexity index is 1490. The van der Waals surface area contributed by atoms with E-state index in [1.54, 1.807) is 56.3 Å². The van der Waals surface area contributed by atoms with Crippen molar-refractivity contribution in [1.29, 1.82) is 0 Å². The van der Waals surface area contributed by atoms with Crippen LogP contribution in [0.1, 0.15) is 43.0 Å². The molecule has 0 saturated heterocycles. The molecule has 1 atom stereocenters. The fraction of sp³-hybridized carbons (Fsp3) is 0.333. The van der Waals surface area contributed by atoms with Crippen LogP contribution in [-0.2, 0) is 26.2 Å². The van der Waals surface area contributed by atoms with Crippen LogP contribution in [0.3, 0.4) is 0 Å². The lowest BCUT2D eigenvalue weighted by Gasteiger charge is -2.33. The minimum absolute atomic E-state index is 0.0215. The second kappa shape index (κ2) is 13.1. The van der Waals surface area contributed by atoms with Crippen LogP contribution in [0.2, 0.25) is 10.0 Å². The molecule has 10 heteroatoms. The Morgan fingerprint density at radius 2 is 1.48 bits per heavy atom. The molecule has 0 aliphatic rings. The van der Waals surface area contributed by atoms with E-state index in [-0.39, 0.29) is 23.4 Å². The molecule has 3 aromatic carbocycles. The number of hydrogen-bond acceptors (Lipinski definition) is 4. The van der Waals surface area contributed by atoms with Gasteiger partial charge in [-0.25, -0.2) is 8.42 Å². The first-order valence-electron chi connectivity index (χ1n) is 12.9. The van der Waals surface area contributed by atoms with E-state index in [4.69, 9.17) is 23.2 Å². The zero-order valence-corrected chi connectivity index (χ0v) is 25.9. The molecule has 7 nitrogen and oxygen atoms in total. The van der Waals surface area contributed by atoms with Crippen LogP contribution in [0.25, 0.3) is 0 Å². The summed E-state index contributed by atoms with van der Waals surface area (Å²) in [6.07, 6.45) is 0. The predicted molar refractivity (Wildman–Crippen MR) is 161 cm³/mol. The van der Waals surface area contributed by atoms with Crippen molar-refractivity contribution in [2.24, 2.45) is 0 Å². The molecule has 0 radical (unpaired) electrons. The van der Waals surface area contributed by atoms with E-state index in [0.29, 0.717) is 26.9 Å². The molecule has 0 heterocycles. The quantitative estimate of drug-likeness (QED) is 0.305. The predicted octanol–water partition coefficient (Wildman–Crippen LogP) is 6.06. The smallest absolute Gasteiger partial charge is 0.264 e. The molecule has 40 heavy (non-hydrogen) atoms. The summed E-state index contributed by atoms with van der Waals surface area (Å²) in [5, 5.41) is 3.50. The number of nitrogens with zero attached hydrogens (tertiary/aromatic N) is 2. The molecular weight excluding hydrogens is 569 g/mol. The van der Waals surface area contributed by atoms with Gasteiger partial charge in [0.2, 0.25) is 11.8 Å². The summed E-state index contributed by atoms with van der Waals surface area (Å²) >= 11 is 12.3. The number of carbonyl (C=O) groups excluding carboxylic acids is 2. The SMILES string of the molecule is Cc1ccc(S(=O)(=O)N(CC(=O)N(Cc2ccc(Cl)c(Cl)c2)[C@H](C)C(=O)NC(C)C)c2ccc(C)cc2C)cc1. The van der Waals surface area contributed by atoms with E-state index in [0.717, 1.165) is 15.4 Å². The number of anilines is 1. The molecule has 0 aliphatic heterocycles. The van der Waals surface area contributed by atoms with Crippen molar-refractivity contribution in [3.05, 3.63) is 93.0 Å². The van der Waals surface area contributed by atoms with Crippen LogP contribution in [0, 0.1) is 20.8 Å². The van der Waals surface area contributed by atoms with Gasteiger partial charge in [-0.3, -0.25) is 13.9 Å². The number of benzene rings is 3. The lowest BCUT2D eigenvalue weighted by atomic mass is 10.1. The third-order valence-electron chi connectivity index (χ3n) is 6.44. The fourth-order valence-corrected chi connectivity index (χ4v) is 6.06. The first-order chi connectivity index (χ1) is 18.7. The van der Waals surface area contributed by atoms with Gasteiger partial charge in [0.05, 0.1) is 20.6 Å². The topological polar surface area (TPSA) is 86.8 Å². The second-order valence-electron chi connectivity index (χ2n) is 10.2. The maximum atomic E-state index is 14.0. The number of halogens is 2. The summed E-state index contributed by atoms with van der Waals surface area (Å²) in [4.78, 5) is 28.5. The number of amides is 2. The highest BCUT2D eigenvalue weighted by Crippen LogP contribution is 2.29. The van der Waals surface area contributed by atoms with Crippen molar-refractivity contribution in [3.63, 3.8) is 0 Å². The van der Waals surface area contributed by atoms with Crippen LogP contribution in [0.15, 0.2) is 65.6 Å². The van der Waals surface area contributed by atoms with Gasteiger partial charge >= 0.3 is 0 Å². The second-order valence-corrected chi connectivity index (χ2v) is 12.9. The summed E-state index contributed by atoms with van der Waals surface area (Å²) in [6.45, 7) is 10.4. The van der Waals surface area contributed by atoms with Gasteiger partial charge in [-0.2, -0.15) is 0 Å². The third kappa shape index (κ3) is 7.56. The van der Waals surface area contributed by atoms with Crippen LogP contribution in [0.5, 0.6) is 0 Å². The van der Waals surface area contributed by atoms with E-state index in [1.165, 1.54) is 17.0 Å². The number of sulfonamides is 1. The van der Waals surface area contributed by atoms with Gasteiger partial charge in [0.25, 0.3) is 10.0 Å². The maximum absolute atomic E-state index is 14.0. The standard InChI is InChI=1S/C30H35Cl2N3O4S/c1-19(2)33-30(37)23(6)34(17-24-10-13-26(31)27(32)16-24)29(36)18-35(28-14-9-21(4)15-22(28)5)40(38,39)25-11-7-20(3)8-12-25/h7-16,19,23H,17-18H2,1-6H3,(H,33,37)/t23-/m1/s1. The molecule has 214 valence electrons. The summed E-state index contributed by atoms with van der Waals surface area (Å²) in [7, 11) is -4.14. The number of nitrogens with one attached hydrogen (secondary N) is 1. The fourth-order valence-electron chi connectivity index (χ4n) is 4.26. The van der Waals surface area contributed by atoms with Crippen molar-refractivity contribution >= 4 is 50.7 Å². The Morgan fingerprint density at radius 3 is 2.05 bits per heavy atom. The minimum atomic E-state index is -4.14. The highest BCUT2D eigenvalue weighted by molar-refractivity contribution is 7.92. The monoisotopic (exact) mass is 603 g/mol. The van der Waals surface area contributed by atoms with Gasteiger partial charge in [-0.05, 0) is 83.0 Å². The minimum Gasteiger partial charge on any atom is -0.352 e. The van der Waals surface area contributed by atoms with Crippen molar-refractivity contribution in [1.82, 2.24) is 10.2 Å². The van der Waals surface area contributed by atoms with Gasteiger partial charge in [0.1, 0.15) is 12.6 Å². The lowest BCUT2D eigenvalue weighted by molar-refractivity contribution is -0.139. The van der Waals surface area contributed by atoms with Gasteiger partial charge < -0.3 is 10.2 Å². The molecule has 0 bridgehead atoms. The summed E-state index contributed by atoms with van der Waals surface area (Å²) in [5.41, 5.74) is 3.59. The largest absolute Gasteiger partial charge is 0.352 e. The first-order valence-corrected chi connectivity index (χ1v) is 15.1. The Labute approximate surface area is 247 Å². The number of rotatable bonds is 10. The molecule has 1 N–H and O–H groups in total. The lowest BCUT2D eigenvalue weighted by Crippen LogP contribution is -2.52. The molecule has 0 aliphatic carbocycles. The van der Waals surface area contributed by atoms with Crippen molar-refractivity contribution in [2.45, 2.75) is 65.1 Å². The zero-order valence-electron chi connectivity index (χ0n) is 23.5. The van der Waals surface area contributed by atoms with Crippen LogP contribution >= 0.6 is 23.2 Å². The van der Waals surface area contributed by atoms with E-state index < -0.39 is 28.5 Å². The highest BCUT2D eigenvalue weighted by Gasteiger charge is 2.33. The van der Waals surface area contributed by atoms with Gasteiger partial charge in [-0.15, -0.1) is 0 Å². The van der Waals surface area contributed by atoms with Crippen LogP contribution in [0.4, 0.5) is 5.69 Å². The normalized spacial score (nSPS) is 12.2. The maximum Gasteiger partial charge on any atom is 0.264 e. The third-order valence-corrected chi connectivity index (χ3v) is 8.96. The highest BCUT2D eigenvalue weighted by atomic mass is 35.5. The molecule has 0 fully saturated rings. The zero-order chi connectivity index (χ0) is 29.8. The van der Waals surface area contributed by atoms with E-state index in [2.05, 4.69) is 5.32 Å². The summed E-state index contributed by atoms with van der Waals surface area (Å²) in [6, 6.07) is 15.8. The molecule has 2 amide bonds. The van der Waals surface area contributed by atoms with Crippen molar-refractivity contribution in [3.8, 4) is 0 Å². The average Bonchev–Trinajstić information content (AvgIpc) is 2.87. The molecular formula is C30H35Cl2N3O4S. The Hall–Kier alpha value is -3.07. The molecule has 0 spiro atoms. The number of aryl methyl sites for hydroxylation is 3. The van der Waals surface area contributed by atoms with Gasteiger partial charge in [-0.1, -0.05) is 64.7 Å². The van der Waals surface area contributed by atoms with Crippen LogP contribution in [-0.4, -0.2) is 43.8 Å². The average molecular weight is 605 g/mol. The van der Waals surface area contributed by atoms with Crippen LogP contribution < -0.4 is 9.62 Å². The molecule has 3 aromatic rings. The molecule has 0 unspecified atom stereocenters. The Balaban J connectivity index is 2.08.